The predicted molar refractivity (Wildman–Crippen MR) is 97.1 cm³/mol. The van der Waals surface area contributed by atoms with Crippen molar-refractivity contribution in [2.75, 3.05) is 13.2 Å². The standard InChI is InChI=1S/C20H22F2N2O5/c1-2-27-18(25)10-13-6-3-4-9-24(13)20(26)17-11-14(29-23-17)12-28-19-15(21)7-5-8-16(19)22/h5,7-8,11,13H,2-4,6,9-10,12H2,1H3. The van der Waals surface area contributed by atoms with Crippen molar-refractivity contribution < 1.29 is 32.4 Å². The Balaban J connectivity index is 1.65. The molecular formula is C20H22F2N2O5. The Kier molecular flexibility index (Phi) is 6.79. The molecule has 1 atom stereocenters. The van der Waals surface area contributed by atoms with E-state index in [-0.39, 0.29) is 49.0 Å². The van der Waals surface area contributed by atoms with Gasteiger partial charge in [-0.25, -0.2) is 8.78 Å². The number of para-hydroxylation sites is 1. The minimum absolute atomic E-state index is 0.0494. The highest BCUT2D eigenvalue weighted by molar-refractivity contribution is 5.92. The number of rotatable bonds is 7. The molecule has 0 spiro atoms. The van der Waals surface area contributed by atoms with Crippen LogP contribution in [0.3, 0.4) is 0 Å². The van der Waals surface area contributed by atoms with Crippen LogP contribution in [0.1, 0.15) is 48.9 Å². The number of ether oxygens (including phenoxy) is 2. The number of carbonyl (C=O) groups is 2. The van der Waals surface area contributed by atoms with E-state index in [0.717, 1.165) is 25.0 Å². The molecular weight excluding hydrogens is 386 g/mol. The second-order valence-corrected chi connectivity index (χ2v) is 6.68. The maximum absolute atomic E-state index is 13.6. The van der Waals surface area contributed by atoms with Crippen LogP contribution in [-0.4, -0.2) is 41.1 Å². The van der Waals surface area contributed by atoms with E-state index in [4.69, 9.17) is 14.0 Å². The van der Waals surface area contributed by atoms with Gasteiger partial charge in [-0.1, -0.05) is 11.2 Å². The molecule has 1 unspecified atom stereocenters. The molecule has 7 nitrogen and oxygen atoms in total. The van der Waals surface area contributed by atoms with Crippen LogP contribution in [-0.2, 0) is 16.1 Å². The molecule has 9 heteroatoms. The molecule has 0 aliphatic carbocycles. The number of hydrogen-bond acceptors (Lipinski definition) is 6. The zero-order chi connectivity index (χ0) is 20.8. The van der Waals surface area contributed by atoms with Crippen LogP contribution in [0.15, 0.2) is 28.8 Å². The second kappa shape index (κ2) is 9.49. The summed E-state index contributed by atoms with van der Waals surface area (Å²) in [5, 5.41) is 3.75. The minimum atomic E-state index is -0.837. The van der Waals surface area contributed by atoms with Gasteiger partial charge in [0.15, 0.2) is 28.8 Å². The van der Waals surface area contributed by atoms with Gasteiger partial charge in [0.1, 0.15) is 6.61 Å². The van der Waals surface area contributed by atoms with Crippen molar-refractivity contribution in [1.82, 2.24) is 10.1 Å². The van der Waals surface area contributed by atoms with Crippen molar-refractivity contribution in [2.24, 2.45) is 0 Å². The average Bonchev–Trinajstić information content (AvgIpc) is 3.17. The first-order valence-electron chi connectivity index (χ1n) is 9.48. The van der Waals surface area contributed by atoms with Crippen molar-refractivity contribution in [3.05, 3.63) is 47.4 Å². The highest BCUT2D eigenvalue weighted by Gasteiger charge is 2.31. The molecule has 29 heavy (non-hydrogen) atoms. The lowest BCUT2D eigenvalue weighted by molar-refractivity contribution is -0.144. The van der Waals surface area contributed by atoms with Gasteiger partial charge in [-0.3, -0.25) is 9.59 Å². The minimum Gasteiger partial charge on any atom is -0.479 e. The maximum atomic E-state index is 13.6. The fourth-order valence-electron chi connectivity index (χ4n) is 3.29. The topological polar surface area (TPSA) is 81.9 Å². The number of aromatic nitrogens is 1. The lowest BCUT2D eigenvalue weighted by Gasteiger charge is -2.34. The van der Waals surface area contributed by atoms with E-state index in [0.29, 0.717) is 13.0 Å². The van der Waals surface area contributed by atoms with E-state index in [1.54, 1.807) is 11.8 Å². The van der Waals surface area contributed by atoms with Gasteiger partial charge in [-0.05, 0) is 38.3 Å². The smallest absolute Gasteiger partial charge is 0.307 e. The Morgan fingerprint density at radius 3 is 2.76 bits per heavy atom. The van der Waals surface area contributed by atoms with Crippen LogP contribution in [0.4, 0.5) is 8.78 Å². The van der Waals surface area contributed by atoms with Crippen molar-refractivity contribution in [2.45, 2.75) is 45.3 Å². The summed E-state index contributed by atoms with van der Waals surface area (Å²) in [6, 6.07) is 4.49. The van der Waals surface area contributed by atoms with Gasteiger partial charge in [-0.15, -0.1) is 0 Å². The Morgan fingerprint density at radius 2 is 2.03 bits per heavy atom. The predicted octanol–water partition coefficient (Wildman–Crippen LogP) is 3.48. The van der Waals surface area contributed by atoms with Crippen LogP contribution >= 0.6 is 0 Å². The molecule has 1 saturated heterocycles. The molecule has 156 valence electrons. The third-order valence-corrected chi connectivity index (χ3v) is 4.65. The fraction of sp³-hybridized carbons (Fsp3) is 0.450. The maximum Gasteiger partial charge on any atom is 0.307 e. The number of halogens is 2. The quantitative estimate of drug-likeness (QED) is 0.653. The summed E-state index contributed by atoms with van der Waals surface area (Å²) < 4.78 is 42.4. The number of nitrogens with zero attached hydrogens (tertiary/aromatic N) is 2. The van der Waals surface area contributed by atoms with E-state index in [1.165, 1.54) is 12.1 Å². The molecule has 1 fully saturated rings. The van der Waals surface area contributed by atoms with Crippen molar-refractivity contribution in [1.29, 1.82) is 0 Å². The molecule has 1 aliphatic rings. The largest absolute Gasteiger partial charge is 0.479 e. The van der Waals surface area contributed by atoms with Gasteiger partial charge in [0.2, 0.25) is 0 Å². The Bertz CT molecular complexity index is 850. The number of benzene rings is 1. The molecule has 0 saturated carbocycles. The van der Waals surface area contributed by atoms with Crippen LogP contribution in [0, 0.1) is 11.6 Å². The summed E-state index contributed by atoms with van der Waals surface area (Å²) in [4.78, 5) is 26.3. The Morgan fingerprint density at radius 1 is 1.28 bits per heavy atom. The second-order valence-electron chi connectivity index (χ2n) is 6.68. The highest BCUT2D eigenvalue weighted by Crippen LogP contribution is 2.24. The zero-order valence-electron chi connectivity index (χ0n) is 16.0. The third-order valence-electron chi connectivity index (χ3n) is 4.65. The van der Waals surface area contributed by atoms with Gasteiger partial charge >= 0.3 is 5.97 Å². The fourth-order valence-corrected chi connectivity index (χ4v) is 3.29. The summed E-state index contributed by atoms with van der Waals surface area (Å²) in [7, 11) is 0. The number of likely N-dealkylation sites (tertiary alicyclic amines) is 1. The molecule has 1 amide bonds. The highest BCUT2D eigenvalue weighted by atomic mass is 19.1. The third kappa shape index (κ3) is 5.10. The van der Waals surface area contributed by atoms with E-state index >= 15 is 0 Å². The Labute approximate surface area is 166 Å². The number of hydrogen-bond donors (Lipinski definition) is 0. The Hall–Kier alpha value is -2.97. The lowest BCUT2D eigenvalue weighted by atomic mass is 9.99. The number of carbonyl (C=O) groups excluding carboxylic acids is 2. The summed E-state index contributed by atoms with van der Waals surface area (Å²) in [5.41, 5.74) is 0.0494. The van der Waals surface area contributed by atoms with E-state index in [9.17, 15) is 18.4 Å². The molecule has 2 aromatic rings. The van der Waals surface area contributed by atoms with Crippen LogP contribution in [0.25, 0.3) is 0 Å². The number of piperidine rings is 1. The van der Waals surface area contributed by atoms with Gasteiger partial charge < -0.3 is 18.9 Å². The monoisotopic (exact) mass is 408 g/mol. The molecule has 1 aromatic heterocycles. The van der Waals surface area contributed by atoms with E-state index in [1.807, 2.05) is 0 Å². The molecule has 1 aromatic carbocycles. The summed E-state index contributed by atoms with van der Waals surface area (Å²) >= 11 is 0. The van der Waals surface area contributed by atoms with Gasteiger partial charge in [0.05, 0.1) is 13.0 Å². The first-order chi connectivity index (χ1) is 14.0. The van der Waals surface area contributed by atoms with Gasteiger partial charge in [0.25, 0.3) is 5.91 Å². The van der Waals surface area contributed by atoms with Crippen molar-refractivity contribution in [3.63, 3.8) is 0 Å². The first kappa shape index (κ1) is 20.8. The van der Waals surface area contributed by atoms with E-state index in [2.05, 4.69) is 5.16 Å². The molecule has 1 aliphatic heterocycles. The number of esters is 1. The summed E-state index contributed by atoms with van der Waals surface area (Å²) in [6.45, 7) is 2.23. The average molecular weight is 408 g/mol. The van der Waals surface area contributed by atoms with Crippen molar-refractivity contribution in [3.8, 4) is 5.75 Å². The van der Waals surface area contributed by atoms with Gasteiger partial charge in [-0.2, -0.15) is 0 Å². The molecule has 3 rings (SSSR count). The lowest BCUT2D eigenvalue weighted by Crippen LogP contribution is -2.45. The van der Waals surface area contributed by atoms with Crippen molar-refractivity contribution >= 4 is 11.9 Å². The van der Waals surface area contributed by atoms with Crippen LogP contribution in [0.5, 0.6) is 5.75 Å². The summed E-state index contributed by atoms with van der Waals surface area (Å²) in [5.74, 6) is -2.77. The first-order valence-corrected chi connectivity index (χ1v) is 9.48. The van der Waals surface area contributed by atoms with Gasteiger partial charge in [0, 0.05) is 18.7 Å². The van der Waals surface area contributed by atoms with E-state index < -0.39 is 17.4 Å². The summed E-state index contributed by atoms with van der Waals surface area (Å²) in [6.07, 6.45) is 2.57. The SMILES string of the molecule is CCOC(=O)CC1CCCCN1C(=O)c1cc(COc2c(F)cccc2F)on1. The normalized spacial score (nSPS) is 16.5. The van der Waals surface area contributed by atoms with Crippen LogP contribution < -0.4 is 4.74 Å². The number of amides is 1. The van der Waals surface area contributed by atoms with Crippen LogP contribution in [0.2, 0.25) is 0 Å². The molecule has 2 heterocycles. The molecule has 0 radical (unpaired) electrons. The molecule has 0 N–H and O–H groups in total. The molecule has 0 bridgehead atoms. The zero-order valence-corrected chi connectivity index (χ0v) is 16.0.